The fourth-order valence-electron chi connectivity index (χ4n) is 13.1. The smallest absolute Gasteiger partial charge is 0.328 e. The molecule has 1 aliphatic heterocycles. The minimum atomic E-state index is -1.71. The maximum absolute atomic E-state index is 14.6. The van der Waals surface area contributed by atoms with Gasteiger partial charge in [-0.3, -0.25) is 24.0 Å². The Bertz CT molecular complexity index is 1820. The summed E-state index contributed by atoms with van der Waals surface area (Å²) in [6.45, 7) is 9.68. The first kappa shape index (κ1) is 89.7. The molecule has 1 fully saturated rings. The fraction of sp³-hybridized carbons (Fsp3) is 0.924. The summed E-state index contributed by atoms with van der Waals surface area (Å²) in [5.41, 5.74) is 0. The predicted molar refractivity (Wildman–Crippen MR) is 385 cm³/mol. The van der Waals surface area contributed by atoms with Crippen molar-refractivity contribution in [1.29, 1.82) is 0 Å². The predicted octanol–water partition coefficient (Wildman–Crippen LogP) is 19.6. The Labute approximate surface area is 580 Å². The average Bonchev–Trinajstić information content (AvgIpc) is 0.799. The summed E-state index contributed by atoms with van der Waals surface area (Å²) >= 11 is 0. The van der Waals surface area contributed by atoms with E-state index in [-0.39, 0.29) is 38.1 Å². The van der Waals surface area contributed by atoms with Gasteiger partial charge in [-0.15, -0.1) is 0 Å². The van der Waals surface area contributed by atoms with Gasteiger partial charge in [-0.2, -0.15) is 0 Å². The summed E-state index contributed by atoms with van der Waals surface area (Å²) in [6.07, 6.45) is 49.5. The summed E-state index contributed by atoms with van der Waals surface area (Å²) in [7, 11) is 0. The molecule has 0 aromatic heterocycles. The number of aliphatic hydroxyl groups excluding tert-OH is 2. The first-order valence-corrected chi connectivity index (χ1v) is 40.3. The van der Waals surface area contributed by atoms with Crippen molar-refractivity contribution in [3.63, 3.8) is 0 Å². The fourth-order valence-corrected chi connectivity index (χ4v) is 13.1. The highest BCUT2D eigenvalue weighted by Gasteiger charge is 2.49. The monoisotopic (exact) mass is 1350 g/mol. The molecular formula is C79H148N2O14. The summed E-state index contributed by atoms with van der Waals surface area (Å²) < 4.78 is 30.6. The normalized spacial score (nSPS) is 17.3. The number of carboxylic acids is 1. The second-order valence-corrected chi connectivity index (χ2v) is 28.3. The number of aliphatic carboxylic acids is 1. The van der Waals surface area contributed by atoms with Gasteiger partial charge in [0.15, 0.2) is 18.4 Å². The molecule has 0 bridgehead atoms. The van der Waals surface area contributed by atoms with E-state index < -0.39 is 91.8 Å². The van der Waals surface area contributed by atoms with Crippen LogP contribution in [0, 0.1) is 0 Å². The van der Waals surface area contributed by atoms with Crippen LogP contribution in [0.5, 0.6) is 0 Å². The molecule has 1 rings (SSSR count). The molecule has 95 heavy (non-hydrogen) atoms. The van der Waals surface area contributed by atoms with E-state index in [1.165, 1.54) is 180 Å². The van der Waals surface area contributed by atoms with Crippen molar-refractivity contribution in [3.8, 4) is 0 Å². The molecule has 0 unspecified atom stereocenters. The Hall–Kier alpha value is -3.34. The molecule has 5 N–H and O–H groups in total. The van der Waals surface area contributed by atoms with Crippen LogP contribution in [0.3, 0.4) is 0 Å². The van der Waals surface area contributed by atoms with Gasteiger partial charge >= 0.3 is 23.9 Å². The first-order chi connectivity index (χ1) is 46.3. The average molecular weight is 1350 g/mol. The van der Waals surface area contributed by atoms with Crippen molar-refractivity contribution in [2.24, 2.45) is 0 Å². The van der Waals surface area contributed by atoms with Gasteiger partial charge in [-0.05, 0) is 44.9 Å². The Morgan fingerprint density at radius 3 is 1.05 bits per heavy atom. The minimum absolute atomic E-state index is 0.120. The van der Waals surface area contributed by atoms with E-state index in [9.17, 15) is 44.1 Å². The lowest BCUT2D eigenvalue weighted by atomic mass is 9.96. The molecule has 16 heteroatoms. The van der Waals surface area contributed by atoms with Gasteiger partial charge in [0.1, 0.15) is 30.5 Å². The number of hydrogen-bond acceptors (Lipinski definition) is 13. The van der Waals surface area contributed by atoms with Crippen molar-refractivity contribution in [2.45, 2.75) is 456 Å². The molecule has 16 nitrogen and oxygen atoms in total. The second-order valence-electron chi connectivity index (χ2n) is 28.3. The number of hydrogen-bond donors (Lipinski definition) is 5. The lowest BCUT2D eigenvalue weighted by Gasteiger charge is -2.44. The summed E-state index contributed by atoms with van der Waals surface area (Å²) in [4.78, 5) is 82.1. The van der Waals surface area contributed by atoms with Crippen LogP contribution in [0.15, 0.2) is 0 Å². The number of carbonyl (C=O) groups excluding carboxylic acids is 5. The number of rotatable bonds is 70. The van der Waals surface area contributed by atoms with Crippen LogP contribution >= 0.6 is 0 Å². The van der Waals surface area contributed by atoms with Crippen LogP contribution < -0.4 is 10.6 Å². The zero-order valence-electron chi connectivity index (χ0n) is 61.9. The number of carboxylic acid groups (broad SMARTS) is 1. The molecule has 1 aliphatic rings. The third-order valence-electron chi connectivity index (χ3n) is 19.1. The number of ether oxygens (including phenoxy) is 5. The van der Waals surface area contributed by atoms with Crippen molar-refractivity contribution in [1.82, 2.24) is 10.6 Å². The first-order valence-electron chi connectivity index (χ1n) is 40.3. The highest BCUT2D eigenvalue weighted by molar-refractivity contribution is 5.83. The number of amides is 2. The molecule has 0 aromatic rings. The van der Waals surface area contributed by atoms with Crippen LogP contribution in [0.1, 0.15) is 407 Å². The number of unbranched alkanes of at least 4 members (excludes halogenated alkanes) is 46. The quantitative estimate of drug-likeness (QED) is 0.0217. The van der Waals surface area contributed by atoms with Crippen LogP contribution in [0.2, 0.25) is 0 Å². The molecular weight excluding hydrogens is 1200 g/mol. The van der Waals surface area contributed by atoms with Crippen molar-refractivity contribution in [2.75, 3.05) is 13.2 Å². The summed E-state index contributed by atoms with van der Waals surface area (Å²) in [5, 5.41) is 38.4. The molecule has 558 valence electrons. The number of nitrogens with one attached hydrogen (secondary N) is 2. The van der Waals surface area contributed by atoms with Crippen molar-refractivity contribution < 1.29 is 67.8 Å². The van der Waals surface area contributed by atoms with E-state index >= 15 is 0 Å². The molecule has 0 aromatic carbocycles. The third-order valence-corrected chi connectivity index (χ3v) is 19.1. The van der Waals surface area contributed by atoms with Gasteiger partial charge in [0.25, 0.3) is 0 Å². The molecule has 0 aliphatic carbocycles. The Morgan fingerprint density at radius 1 is 0.400 bits per heavy atom. The molecule has 0 spiro atoms. The minimum Gasteiger partial charge on any atom is -0.480 e. The van der Waals surface area contributed by atoms with Gasteiger partial charge < -0.3 is 49.6 Å². The highest BCUT2D eigenvalue weighted by Crippen LogP contribution is 2.28. The van der Waals surface area contributed by atoms with E-state index in [0.29, 0.717) is 38.5 Å². The summed E-state index contributed by atoms with van der Waals surface area (Å²) in [5.74, 6) is -4.07. The SMILES string of the molecule is CCCCCCCCCCCCCC(=O)N[C@@H](CO[C@@H]1O[C@H](CO)[C@@H](O)[C@H](OC(=O)C[C@@H](CCCCCCCCCCC)OC(=O)CCCCCCCCCCCCC)[C@H]1NC(=O)C[C@@H](CCCCCCCCCCC)OC(=O)CCCCCCCCCCCCC)C(=O)O. The molecule has 2 amide bonds. The lowest BCUT2D eigenvalue weighted by molar-refractivity contribution is -0.275. The van der Waals surface area contributed by atoms with Gasteiger partial charge in [0.2, 0.25) is 11.8 Å². The Balaban J connectivity index is 3.44. The second kappa shape index (κ2) is 65.3. The molecule has 1 saturated heterocycles. The van der Waals surface area contributed by atoms with E-state index in [1.54, 1.807) is 0 Å². The van der Waals surface area contributed by atoms with Crippen molar-refractivity contribution in [3.05, 3.63) is 0 Å². The lowest BCUT2D eigenvalue weighted by Crippen LogP contribution is -2.66. The highest BCUT2D eigenvalue weighted by atomic mass is 16.7. The van der Waals surface area contributed by atoms with Gasteiger partial charge in [-0.1, -0.05) is 330 Å². The third kappa shape index (κ3) is 52.4. The largest absolute Gasteiger partial charge is 0.480 e. The molecule has 0 saturated carbocycles. The Morgan fingerprint density at radius 2 is 0.716 bits per heavy atom. The standard InChI is InChI=1S/C79H148N2O14/c1-6-11-16-21-26-31-34-39-44-49-54-59-70(83)80-68(78(89)90)65-91-79-75(81-71(84)62-66(57-52-47-42-37-29-24-19-14-9-4)92-72(85)60-55-50-45-40-35-32-27-22-17-12-7-2)77(76(88)69(64-82)94-79)95-74(87)63-67(58-53-48-43-38-30-25-20-15-10-5)93-73(86)61-56-51-46-41-36-33-28-23-18-13-8-3/h66-69,75-77,79,82,88H,6-65H2,1-5H3,(H,80,83)(H,81,84)(H,89,90)/t66-,67-,68+,69-,75-,76-,77-,79-/m1/s1. The van der Waals surface area contributed by atoms with Crippen LogP contribution in [0.25, 0.3) is 0 Å². The molecule has 1 heterocycles. The van der Waals surface area contributed by atoms with Gasteiger partial charge in [0, 0.05) is 19.3 Å². The van der Waals surface area contributed by atoms with Gasteiger partial charge in [-0.25, -0.2) is 4.79 Å². The number of aliphatic hydroxyl groups is 2. The zero-order valence-corrected chi connectivity index (χ0v) is 61.9. The van der Waals surface area contributed by atoms with Crippen LogP contribution in [-0.2, 0) is 52.5 Å². The van der Waals surface area contributed by atoms with E-state index in [0.717, 1.165) is 122 Å². The maximum atomic E-state index is 14.6. The van der Waals surface area contributed by atoms with Gasteiger partial charge in [0.05, 0.1) is 26.1 Å². The topological polar surface area (TPSA) is 233 Å². The summed E-state index contributed by atoms with van der Waals surface area (Å²) in [6, 6.07) is -3.02. The molecule has 8 atom stereocenters. The van der Waals surface area contributed by atoms with Crippen molar-refractivity contribution >= 4 is 35.7 Å². The number of carbonyl (C=O) groups is 6. The molecule has 0 radical (unpaired) electrons. The van der Waals surface area contributed by atoms with Crippen LogP contribution in [0.4, 0.5) is 0 Å². The van der Waals surface area contributed by atoms with E-state index in [2.05, 4.69) is 45.3 Å². The zero-order chi connectivity index (χ0) is 69.5. The van der Waals surface area contributed by atoms with Crippen LogP contribution in [-0.4, -0.2) is 113 Å². The number of esters is 3. The van der Waals surface area contributed by atoms with E-state index in [1.807, 2.05) is 0 Å². The maximum Gasteiger partial charge on any atom is 0.328 e. The Kier molecular flexibility index (Phi) is 61.6. The van der Waals surface area contributed by atoms with E-state index in [4.69, 9.17) is 23.7 Å².